The molecule has 0 saturated carbocycles. The van der Waals surface area contributed by atoms with Crippen LogP contribution in [0.25, 0.3) is 11.0 Å². The first kappa shape index (κ1) is 18.1. The number of rotatable bonds is 2. The van der Waals surface area contributed by atoms with Crippen LogP contribution >= 0.6 is 11.8 Å². The van der Waals surface area contributed by atoms with E-state index in [-0.39, 0.29) is 4.90 Å². The summed E-state index contributed by atoms with van der Waals surface area (Å²) in [6.07, 6.45) is 0.764. The molecule has 0 aliphatic carbocycles. The number of anilines is 1. The van der Waals surface area contributed by atoms with Crippen molar-refractivity contribution in [2.75, 3.05) is 10.8 Å². The van der Waals surface area contributed by atoms with Gasteiger partial charge in [-0.2, -0.15) is 0 Å². The highest BCUT2D eigenvalue weighted by molar-refractivity contribution is 8.00. The molecule has 1 aliphatic rings. The standard InChI is InChI=1S/C20H19NO4S2/c1-13-3-7-19-17(11-13)21(10-9-14(2)26-19)27(23,24)16-5-6-18-15(12-16)4-8-20(22)25-18/h3-8,11-12,14H,9-10H2,1-2H3. The maximum absolute atomic E-state index is 13.5. The molecule has 0 amide bonds. The minimum Gasteiger partial charge on any atom is -0.423 e. The predicted octanol–water partition coefficient (Wildman–Crippen LogP) is 4.18. The normalized spacial score (nSPS) is 17.6. The average molecular weight is 402 g/mol. The maximum atomic E-state index is 13.5. The van der Waals surface area contributed by atoms with Crippen molar-refractivity contribution >= 4 is 38.4 Å². The Kier molecular flexibility index (Phi) is 4.52. The van der Waals surface area contributed by atoms with Gasteiger partial charge in [-0.1, -0.05) is 13.0 Å². The van der Waals surface area contributed by atoms with E-state index in [1.54, 1.807) is 23.9 Å². The summed E-state index contributed by atoms with van der Waals surface area (Å²) in [5.41, 5.74) is 1.66. The highest BCUT2D eigenvalue weighted by Gasteiger charge is 2.30. The molecule has 27 heavy (non-hydrogen) atoms. The zero-order valence-corrected chi connectivity index (χ0v) is 16.6. The second-order valence-corrected chi connectivity index (χ2v) is 10.1. The van der Waals surface area contributed by atoms with Gasteiger partial charge in [0.2, 0.25) is 0 Å². The third-order valence-electron chi connectivity index (χ3n) is 4.63. The summed E-state index contributed by atoms with van der Waals surface area (Å²) in [6, 6.07) is 13.4. The smallest absolute Gasteiger partial charge is 0.336 e. The Bertz CT molecular complexity index is 1180. The molecular weight excluding hydrogens is 382 g/mol. The van der Waals surface area contributed by atoms with Crippen molar-refractivity contribution in [3.8, 4) is 0 Å². The Balaban J connectivity index is 1.85. The van der Waals surface area contributed by atoms with Gasteiger partial charge in [0.15, 0.2) is 0 Å². The topological polar surface area (TPSA) is 67.6 Å². The average Bonchev–Trinajstić information content (AvgIpc) is 2.79. The number of hydrogen-bond donors (Lipinski definition) is 0. The molecule has 0 bridgehead atoms. The zero-order chi connectivity index (χ0) is 19.2. The van der Waals surface area contributed by atoms with Crippen LogP contribution in [0.4, 0.5) is 5.69 Å². The zero-order valence-electron chi connectivity index (χ0n) is 15.0. The lowest BCUT2D eigenvalue weighted by Gasteiger charge is -2.24. The molecule has 5 nitrogen and oxygen atoms in total. The minimum absolute atomic E-state index is 0.191. The second kappa shape index (κ2) is 6.73. The summed E-state index contributed by atoms with van der Waals surface area (Å²) in [5, 5.41) is 0.912. The summed E-state index contributed by atoms with van der Waals surface area (Å²) in [6.45, 7) is 4.50. The fourth-order valence-corrected chi connectivity index (χ4v) is 5.88. The summed E-state index contributed by atoms with van der Waals surface area (Å²) >= 11 is 1.70. The molecule has 1 aliphatic heterocycles. The molecule has 0 saturated heterocycles. The van der Waals surface area contributed by atoms with Crippen LogP contribution in [0.3, 0.4) is 0 Å². The van der Waals surface area contributed by atoms with Gasteiger partial charge >= 0.3 is 5.63 Å². The van der Waals surface area contributed by atoms with E-state index in [1.807, 2.05) is 25.1 Å². The van der Waals surface area contributed by atoms with Crippen molar-refractivity contribution in [2.45, 2.75) is 35.3 Å². The fraction of sp³-hybridized carbons (Fsp3) is 0.250. The Hall–Kier alpha value is -2.25. The number of sulfonamides is 1. The van der Waals surface area contributed by atoms with Crippen molar-refractivity contribution in [1.82, 2.24) is 0 Å². The van der Waals surface area contributed by atoms with Crippen molar-refractivity contribution in [3.05, 3.63) is 64.5 Å². The van der Waals surface area contributed by atoms with Gasteiger partial charge in [0.05, 0.1) is 10.6 Å². The van der Waals surface area contributed by atoms with Crippen molar-refractivity contribution < 1.29 is 12.8 Å². The van der Waals surface area contributed by atoms with Crippen molar-refractivity contribution in [1.29, 1.82) is 0 Å². The van der Waals surface area contributed by atoms with E-state index in [9.17, 15) is 13.2 Å². The molecule has 0 fully saturated rings. The summed E-state index contributed by atoms with van der Waals surface area (Å²) in [7, 11) is -3.74. The Morgan fingerprint density at radius 2 is 1.93 bits per heavy atom. The lowest BCUT2D eigenvalue weighted by Crippen LogP contribution is -2.32. The van der Waals surface area contributed by atoms with Crippen molar-refractivity contribution in [2.24, 2.45) is 0 Å². The van der Waals surface area contributed by atoms with Crippen LogP contribution in [-0.2, 0) is 10.0 Å². The van der Waals surface area contributed by atoms with Crippen LogP contribution in [-0.4, -0.2) is 20.2 Å². The van der Waals surface area contributed by atoms with E-state index in [4.69, 9.17) is 4.42 Å². The lowest BCUT2D eigenvalue weighted by atomic mass is 10.2. The highest BCUT2D eigenvalue weighted by Crippen LogP contribution is 2.40. The first-order valence-electron chi connectivity index (χ1n) is 8.68. The van der Waals surface area contributed by atoms with Crippen LogP contribution in [0.15, 0.2) is 67.5 Å². The third kappa shape index (κ3) is 3.37. The molecule has 4 rings (SSSR count). The number of nitrogens with zero attached hydrogens (tertiary/aromatic N) is 1. The van der Waals surface area contributed by atoms with Gasteiger partial charge in [0.1, 0.15) is 5.58 Å². The van der Waals surface area contributed by atoms with E-state index in [2.05, 4.69) is 6.92 Å². The van der Waals surface area contributed by atoms with Gasteiger partial charge in [-0.15, -0.1) is 11.8 Å². The molecule has 1 aromatic heterocycles. The van der Waals surface area contributed by atoms with Gasteiger partial charge in [-0.3, -0.25) is 4.31 Å². The lowest BCUT2D eigenvalue weighted by molar-refractivity contribution is 0.560. The second-order valence-electron chi connectivity index (χ2n) is 6.72. The van der Waals surface area contributed by atoms with Gasteiger partial charge in [-0.25, -0.2) is 13.2 Å². The van der Waals surface area contributed by atoms with Gasteiger partial charge in [0.25, 0.3) is 10.0 Å². The number of fused-ring (bicyclic) bond motifs is 2. The largest absolute Gasteiger partial charge is 0.423 e. The van der Waals surface area contributed by atoms with E-state index in [0.717, 1.165) is 22.6 Å². The minimum atomic E-state index is -3.74. The predicted molar refractivity (Wildman–Crippen MR) is 108 cm³/mol. The van der Waals surface area contributed by atoms with Crippen molar-refractivity contribution in [3.63, 3.8) is 0 Å². The Labute approximate surface area is 162 Å². The van der Waals surface area contributed by atoms with Crippen LogP contribution in [0.2, 0.25) is 0 Å². The molecular formula is C20H19NO4S2. The van der Waals surface area contributed by atoms with E-state index in [0.29, 0.717) is 22.8 Å². The molecule has 2 aromatic carbocycles. The molecule has 2 heterocycles. The quantitative estimate of drug-likeness (QED) is 0.603. The number of benzene rings is 2. The Morgan fingerprint density at radius 3 is 2.74 bits per heavy atom. The molecule has 140 valence electrons. The van der Waals surface area contributed by atoms with E-state index in [1.165, 1.54) is 22.5 Å². The monoisotopic (exact) mass is 401 g/mol. The molecule has 0 radical (unpaired) electrons. The fourth-order valence-electron chi connectivity index (χ4n) is 3.20. The first-order valence-corrected chi connectivity index (χ1v) is 11.0. The Morgan fingerprint density at radius 1 is 1.11 bits per heavy atom. The van der Waals surface area contributed by atoms with Gasteiger partial charge in [-0.05, 0) is 55.3 Å². The number of hydrogen-bond acceptors (Lipinski definition) is 5. The van der Waals surface area contributed by atoms with Gasteiger partial charge < -0.3 is 4.42 Å². The van der Waals surface area contributed by atoms with E-state index >= 15 is 0 Å². The van der Waals surface area contributed by atoms with E-state index < -0.39 is 15.6 Å². The molecule has 1 unspecified atom stereocenters. The van der Waals surface area contributed by atoms with Crippen LogP contribution in [0.1, 0.15) is 18.9 Å². The molecule has 3 aromatic rings. The van der Waals surface area contributed by atoms with Crippen LogP contribution < -0.4 is 9.93 Å². The first-order chi connectivity index (χ1) is 12.8. The molecule has 1 atom stereocenters. The SMILES string of the molecule is Cc1ccc2c(c1)N(S(=O)(=O)c1ccc3oc(=O)ccc3c1)CCC(C)S2. The number of aryl methyl sites for hydroxylation is 1. The molecule has 0 N–H and O–H groups in total. The van der Waals surface area contributed by atoms with Crippen LogP contribution in [0, 0.1) is 6.92 Å². The molecule has 7 heteroatoms. The maximum Gasteiger partial charge on any atom is 0.336 e. The summed E-state index contributed by atoms with van der Waals surface area (Å²) in [5.74, 6) is 0. The van der Waals surface area contributed by atoms with Crippen LogP contribution in [0.5, 0.6) is 0 Å². The third-order valence-corrected chi connectivity index (χ3v) is 7.68. The highest BCUT2D eigenvalue weighted by atomic mass is 32.2. The summed E-state index contributed by atoms with van der Waals surface area (Å²) in [4.78, 5) is 12.5. The number of thioether (sulfide) groups is 1. The molecule has 0 spiro atoms. The summed E-state index contributed by atoms with van der Waals surface area (Å²) < 4.78 is 33.5. The van der Waals surface area contributed by atoms with Gasteiger partial charge in [0, 0.05) is 28.1 Å².